The van der Waals surface area contributed by atoms with E-state index in [-0.39, 0.29) is 0 Å². The van der Waals surface area contributed by atoms with Gasteiger partial charge in [0.25, 0.3) is 0 Å². The van der Waals surface area contributed by atoms with Gasteiger partial charge in [0, 0.05) is 6.42 Å². The van der Waals surface area contributed by atoms with Crippen molar-refractivity contribution in [3.05, 3.63) is 52.5 Å². The van der Waals surface area contributed by atoms with E-state index < -0.39 is 0 Å². The molecule has 0 bridgehead atoms. The van der Waals surface area contributed by atoms with Crippen molar-refractivity contribution in [1.82, 2.24) is 0 Å². The molecule has 5 heteroatoms. The summed E-state index contributed by atoms with van der Waals surface area (Å²) in [7, 11) is 0. The van der Waals surface area contributed by atoms with Crippen LogP contribution < -0.4 is 14.9 Å². The first-order valence-corrected chi connectivity index (χ1v) is 7.55. The summed E-state index contributed by atoms with van der Waals surface area (Å²) < 4.78 is 11.3. The molecule has 1 heterocycles. The number of hydrazone groups is 1. The summed E-state index contributed by atoms with van der Waals surface area (Å²) in [5, 5.41) is 4.76. The molecule has 1 aliphatic rings. The fourth-order valence-electron chi connectivity index (χ4n) is 2.13. The van der Waals surface area contributed by atoms with E-state index in [2.05, 4.69) is 10.5 Å². The van der Waals surface area contributed by atoms with E-state index in [0.29, 0.717) is 29.7 Å². The van der Waals surface area contributed by atoms with Crippen LogP contribution in [-0.2, 0) is 0 Å². The van der Waals surface area contributed by atoms with E-state index in [1.54, 1.807) is 6.21 Å². The Morgan fingerprint density at radius 1 is 1.14 bits per heavy atom. The highest BCUT2D eigenvalue weighted by Gasteiger charge is 2.14. The highest BCUT2D eigenvalue weighted by molar-refractivity contribution is 6.32. The Hall–Kier alpha value is -2.20. The lowest BCUT2D eigenvalue weighted by atomic mass is 10.2. The van der Waals surface area contributed by atoms with Crippen LogP contribution in [0.3, 0.4) is 0 Å². The van der Waals surface area contributed by atoms with Crippen LogP contribution in [0.1, 0.15) is 17.5 Å². The number of hydrogen-bond donors (Lipinski definition) is 1. The molecule has 22 heavy (non-hydrogen) atoms. The van der Waals surface area contributed by atoms with Crippen molar-refractivity contribution in [1.29, 1.82) is 0 Å². The number of halogens is 1. The van der Waals surface area contributed by atoms with Crippen LogP contribution in [0.25, 0.3) is 0 Å². The van der Waals surface area contributed by atoms with Gasteiger partial charge in [-0.15, -0.1) is 0 Å². The highest BCUT2D eigenvalue weighted by Crippen LogP contribution is 2.37. The average Bonchev–Trinajstić information content (AvgIpc) is 2.75. The fraction of sp³-hybridized carbons (Fsp3) is 0.235. The van der Waals surface area contributed by atoms with Gasteiger partial charge in [-0.25, -0.2) is 0 Å². The van der Waals surface area contributed by atoms with E-state index in [1.807, 2.05) is 43.3 Å². The molecule has 0 saturated heterocycles. The van der Waals surface area contributed by atoms with Crippen molar-refractivity contribution in [2.45, 2.75) is 13.3 Å². The van der Waals surface area contributed by atoms with Crippen molar-refractivity contribution in [2.75, 3.05) is 18.6 Å². The zero-order valence-electron chi connectivity index (χ0n) is 12.3. The second kappa shape index (κ2) is 6.71. The first-order valence-electron chi connectivity index (χ1n) is 7.17. The Morgan fingerprint density at radius 3 is 2.73 bits per heavy atom. The Bertz CT molecular complexity index is 684. The van der Waals surface area contributed by atoms with Gasteiger partial charge in [-0.3, -0.25) is 5.43 Å². The van der Waals surface area contributed by atoms with Crippen LogP contribution in [0.5, 0.6) is 11.5 Å². The Balaban J connectivity index is 1.74. The quantitative estimate of drug-likeness (QED) is 0.679. The fourth-order valence-corrected chi connectivity index (χ4v) is 2.41. The smallest absolute Gasteiger partial charge is 0.179 e. The monoisotopic (exact) mass is 316 g/mol. The van der Waals surface area contributed by atoms with Crippen LogP contribution in [-0.4, -0.2) is 19.4 Å². The molecule has 4 nitrogen and oxygen atoms in total. The zero-order chi connectivity index (χ0) is 15.4. The van der Waals surface area contributed by atoms with Gasteiger partial charge in [-0.2, -0.15) is 5.10 Å². The van der Waals surface area contributed by atoms with E-state index >= 15 is 0 Å². The first-order chi connectivity index (χ1) is 10.7. The van der Waals surface area contributed by atoms with Gasteiger partial charge in [-0.1, -0.05) is 29.3 Å². The zero-order valence-corrected chi connectivity index (χ0v) is 13.1. The van der Waals surface area contributed by atoms with Crippen molar-refractivity contribution >= 4 is 23.5 Å². The lowest BCUT2D eigenvalue weighted by molar-refractivity contribution is 0.297. The Morgan fingerprint density at radius 2 is 1.91 bits per heavy atom. The number of nitrogens with one attached hydrogen (secondary N) is 1. The van der Waals surface area contributed by atoms with Crippen LogP contribution in [0.2, 0.25) is 5.02 Å². The van der Waals surface area contributed by atoms with Crippen molar-refractivity contribution in [3.63, 3.8) is 0 Å². The van der Waals surface area contributed by atoms with Crippen LogP contribution >= 0.6 is 11.6 Å². The number of ether oxygens (including phenoxy) is 2. The molecule has 0 saturated carbocycles. The molecule has 0 fully saturated rings. The summed E-state index contributed by atoms with van der Waals surface area (Å²) in [6.45, 7) is 3.30. The predicted molar refractivity (Wildman–Crippen MR) is 89.5 cm³/mol. The number of hydrogen-bond acceptors (Lipinski definition) is 4. The molecule has 2 aromatic rings. The van der Waals surface area contributed by atoms with Gasteiger partial charge >= 0.3 is 0 Å². The summed E-state index contributed by atoms with van der Waals surface area (Å²) in [5.74, 6) is 1.28. The van der Waals surface area contributed by atoms with Gasteiger partial charge in [0.2, 0.25) is 0 Å². The number of anilines is 1. The van der Waals surface area contributed by atoms with E-state index in [9.17, 15) is 0 Å². The molecule has 3 rings (SSSR count). The number of benzene rings is 2. The predicted octanol–water partition coefficient (Wildman–Crippen LogP) is 4.26. The highest BCUT2D eigenvalue weighted by atomic mass is 35.5. The van der Waals surface area contributed by atoms with Gasteiger partial charge in [0.05, 0.1) is 30.1 Å². The average molecular weight is 317 g/mol. The molecule has 1 N–H and O–H groups in total. The molecule has 0 unspecified atom stereocenters. The van der Waals surface area contributed by atoms with E-state index in [1.165, 1.54) is 5.56 Å². The normalized spacial score (nSPS) is 13.9. The molecule has 0 amide bonds. The summed E-state index contributed by atoms with van der Waals surface area (Å²) >= 11 is 6.25. The molecule has 0 aliphatic carbocycles. The topological polar surface area (TPSA) is 42.9 Å². The summed E-state index contributed by atoms with van der Waals surface area (Å²) in [6.07, 6.45) is 2.56. The molecule has 0 atom stereocenters. The maximum Gasteiger partial charge on any atom is 0.179 e. The number of aryl methyl sites for hydroxylation is 1. The Kier molecular flexibility index (Phi) is 4.49. The standard InChI is InChI=1S/C17H17ClN2O2/c1-12-3-5-14(6-4-12)20-19-11-13-9-15(18)17-16(10-13)21-7-2-8-22-17/h3-6,9-11,20H,2,7-8H2,1H3/b19-11-. The van der Waals surface area contributed by atoms with E-state index in [0.717, 1.165) is 17.7 Å². The van der Waals surface area contributed by atoms with Crippen LogP contribution in [0, 0.1) is 6.92 Å². The molecule has 1 aliphatic heterocycles. The SMILES string of the molecule is Cc1ccc(N/N=C\c2cc(Cl)c3c(c2)OCCCO3)cc1. The molecule has 0 spiro atoms. The van der Waals surface area contributed by atoms with Gasteiger partial charge in [0.15, 0.2) is 11.5 Å². The number of fused-ring (bicyclic) bond motifs is 1. The minimum atomic E-state index is 0.538. The molecular weight excluding hydrogens is 300 g/mol. The molecule has 0 aromatic heterocycles. The Labute approximate surface area is 134 Å². The minimum absolute atomic E-state index is 0.538. The van der Waals surface area contributed by atoms with E-state index in [4.69, 9.17) is 21.1 Å². The largest absolute Gasteiger partial charge is 0.489 e. The van der Waals surface area contributed by atoms with Crippen LogP contribution in [0.4, 0.5) is 5.69 Å². The van der Waals surface area contributed by atoms with Gasteiger partial charge < -0.3 is 9.47 Å². The van der Waals surface area contributed by atoms with Crippen molar-refractivity contribution < 1.29 is 9.47 Å². The van der Waals surface area contributed by atoms with Gasteiger partial charge in [0.1, 0.15) is 0 Å². The summed E-state index contributed by atoms with van der Waals surface area (Å²) in [4.78, 5) is 0. The van der Waals surface area contributed by atoms with Crippen molar-refractivity contribution in [3.8, 4) is 11.5 Å². The first kappa shape index (κ1) is 14.7. The number of rotatable bonds is 3. The minimum Gasteiger partial charge on any atom is -0.489 e. The summed E-state index contributed by atoms with van der Waals surface area (Å²) in [6, 6.07) is 11.7. The maximum atomic E-state index is 6.25. The third-order valence-corrected chi connectivity index (χ3v) is 3.56. The second-order valence-electron chi connectivity index (χ2n) is 5.12. The van der Waals surface area contributed by atoms with Crippen LogP contribution in [0.15, 0.2) is 41.5 Å². The third kappa shape index (κ3) is 3.52. The molecule has 114 valence electrons. The third-order valence-electron chi connectivity index (χ3n) is 3.28. The van der Waals surface area contributed by atoms with Gasteiger partial charge in [-0.05, 0) is 36.8 Å². The molecule has 0 radical (unpaired) electrons. The lowest BCUT2D eigenvalue weighted by Gasteiger charge is -2.09. The molecule has 2 aromatic carbocycles. The lowest BCUT2D eigenvalue weighted by Crippen LogP contribution is -1.97. The van der Waals surface area contributed by atoms with Crippen molar-refractivity contribution in [2.24, 2.45) is 5.10 Å². The summed E-state index contributed by atoms with van der Waals surface area (Å²) in [5.41, 5.74) is 5.99. The number of nitrogens with zero attached hydrogens (tertiary/aromatic N) is 1. The molecular formula is C17H17ClN2O2. The maximum absolute atomic E-state index is 6.25. The second-order valence-corrected chi connectivity index (χ2v) is 5.52.